The Kier molecular flexibility index (Phi) is 6.75. The van der Waals surface area contributed by atoms with Crippen LogP contribution in [0.2, 0.25) is 19.6 Å². The van der Waals surface area contributed by atoms with Crippen LogP contribution in [-0.2, 0) is 6.37 Å². The molecule has 0 atom stereocenters. The van der Waals surface area contributed by atoms with Crippen LogP contribution >= 0.6 is 0 Å². The average molecular weight is 667 g/mol. The third-order valence-electron chi connectivity index (χ3n) is 9.73. The van der Waals surface area contributed by atoms with Crippen LogP contribution in [0.25, 0.3) is 65.9 Å². The van der Waals surface area contributed by atoms with Crippen LogP contribution in [0.5, 0.6) is 0 Å². The third-order valence-corrected chi connectivity index (χ3v) is 11.8. The van der Waals surface area contributed by atoms with Crippen molar-refractivity contribution in [3.05, 3.63) is 107 Å². The van der Waals surface area contributed by atoms with Gasteiger partial charge in [0, 0.05) is 29.4 Å². The smallest absolute Gasteiger partial charge is 0.144 e. The molecular weight excluding hydrogens is 611 g/mol. The molecule has 0 bridgehead atoms. The van der Waals surface area contributed by atoms with E-state index in [2.05, 4.69) is 95.9 Å². The number of fused-ring (bicyclic) bond motifs is 6. The zero-order chi connectivity index (χ0) is 39.3. The minimum atomic E-state index is -2.42. The fourth-order valence-electron chi connectivity index (χ4n) is 7.24. The Morgan fingerprint density at radius 1 is 0.755 bits per heavy atom. The van der Waals surface area contributed by atoms with Gasteiger partial charge in [0.1, 0.15) is 11.2 Å². The van der Waals surface area contributed by atoms with E-state index in [-0.39, 0.29) is 17.4 Å². The van der Waals surface area contributed by atoms with Crippen LogP contribution in [0, 0.1) is 12.3 Å². The quantitative estimate of drug-likeness (QED) is 0.130. The largest absolute Gasteiger partial charge is 0.455 e. The van der Waals surface area contributed by atoms with Crippen molar-refractivity contribution in [1.29, 1.82) is 0 Å². The fraction of sp³-hybridized carbons (Fsp3) is 0.326. The van der Waals surface area contributed by atoms with Gasteiger partial charge >= 0.3 is 0 Å². The number of hydrogen-bond donors (Lipinski definition) is 0. The Balaban J connectivity index is 1.49. The molecule has 0 aliphatic carbocycles. The topological polar surface area (TPSA) is 26.0 Å². The van der Waals surface area contributed by atoms with Crippen molar-refractivity contribution in [2.75, 3.05) is 0 Å². The van der Waals surface area contributed by atoms with E-state index in [1.807, 2.05) is 51.1 Å². The summed E-state index contributed by atoms with van der Waals surface area (Å²) in [5.41, 5.74) is 6.33. The minimum absolute atomic E-state index is 0.000115. The van der Waals surface area contributed by atoms with Gasteiger partial charge in [0.2, 0.25) is 0 Å². The predicted octanol–water partition coefficient (Wildman–Crippen LogP) is 13.3. The van der Waals surface area contributed by atoms with E-state index in [0.717, 1.165) is 49.4 Å². The van der Waals surface area contributed by atoms with E-state index in [9.17, 15) is 0 Å². The first-order chi connectivity index (χ1) is 25.1. The van der Waals surface area contributed by atoms with Gasteiger partial charge < -0.3 is 4.42 Å². The second-order valence-electron chi connectivity index (χ2n) is 16.4. The summed E-state index contributed by atoms with van der Waals surface area (Å²) in [4.78, 5) is 4.81. The van der Waals surface area contributed by atoms with Crippen LogP contribution in [0.15, 0.2) is 89.5 Å². The van der Waals surface area contributed by atoms with Crippen molar-refractivity contribution in [1.82, 2.24) is 4.98 Å². The Bertz CT molecular complexity index is 2570. The van der Waals surface area contributed by atoms with Crippen molar-refractivity contribution in [3.8, 4) is 22.4 Å². The normalized spacial score (nSPS) is 14.9. The summed E-state index contributed by atoms with van der Waals surface area (Å²) in [6.45, 7) is 18.8. The zero-order valence-electron chi connectivity index (χ0n) is 35.6. The highest BCUT2D eigenvalue weighted by atomic mass is 28.3. The van der Waals surface area contributed by atoms with Crippen molar-refractivity contribution in [2.45, 2.75) is 93.2 Å². The summed E-state index contributed by atoms with van der Waals surface area (Å²) in [7, 11) is -1.53. The molecule has 0 aliphatic heterocycles. The molecule has 0 saturated carbocycles. The molecule has 3 heteroatoms. The first-order valence-corrected chi connectivity index (χ1v) is 21.1. The van der Waals surface area contributed by atoms with Gasteiger partial charge in [-0.25, -0.2) is 0 Å². The highest BCUT2D eigenvalue weighted by Gasteiger charge is 2.23. The summed E-state index contributed by atoms with van der Waals surface area (Å²) in [6, 6.07) is 27.6. The highest BCUT2D eigenvalue weighted by Crippen LogP contribution is 2.43. The molecule has 0 unspecified atom stereocenters. The Morgan fingerprint density at radius 3 is 2.08 bits per heavy atom. The van der Waals surface area contributed by atoms with E-state index >= 15 is 0 Å². The lowest BCUT2D eigenvalue weighted by Crippen LogP contribution is -2.37. The second-order valence-corrected chi connectivity index (χ2v) is 21.5. The van der Waals surface area contributed by atoms with E-state index in [1.165, 1.54) is 22.2 Å². The van der Waals surface area contributed by atoms with E-state index < -0.39 is 26.7 Å². The minimum Gasteiger partial charge on any atom is -0.455 e. The van der Waals surface area contributed by atoms with Gasteiger partial charge in [-0.3, -0.25) is 4.98 Å². The second kappa shape index (κ2) is 12.0. The van der Waals surface area contributed by atoms with E-state index in [4.69, 9.17) is 16.3 Å². The number of para-hydroxylation sites is 1. The predicted molar refractivity (Wildman–Crippen MR) is 216 cm³/mol. The van der Waals surface area contributed by atoms with Gasteiger partial charge in [0.05, 0.1) is 13.8 Å². The molecule has 2 heterocycles. The Labute approximate surface area is 300 Å². The molecule has 0 amide bonds. The molecule has 0 fully saturated rings. The molecule has 0 saturated heterocycles. The van der Waals surface area contributed by atoms with E-state index in [0.29, 0.717) is 22.4 Å². The van der Waals surface area contributed by atoms with Crippen LogP contribution in [0.1, 0.15) is 89.4 Å². The summed E-state index contributed by atoms with van der Waals surface area (Å²) in [5.74, 6) is 0.000230. The SMILES string of the molecule is [2H]C([2H])([2H])c1cnc(-c2cccc3c2oc2cc4c(ccc5ccc([Si](C)(C)C)cc54)cc23)cc1-c1c(C(C)C)cc(C([2H])([2H])C(C)(C)C)cc1C(C)C. The molecule has 2 nitrogen and oxygen atoms in total. The molecule has 0 spiro atoms. The monoisotopic (exact) mass is 666 g/mol. The lowest BCUT2D eigenvalue weighted by molar-refractivity contribution is 0.411. The number of furan rings is 1. The maximum Gasteiger partial charge on any atom is 0.144 e. The summed E-state index contributed by atoms with van der Waals surface area (Å²) >= 11 is 0. The van der Waals surface area contributed by atoms with Gasteiger partial charge in [0.25, 0.3) is 0 Å². The highest BCUT2D eigenvalue weighted by molar-refractivity contribution is 6.88. The van der Waals surface area contributed by atoms with Gasteiger partial charge in [-0.15, -0.1) is 0 Å². The van der Waals surface area contributed by atoms with Crippen LogP contribution < -0.4 is 5.19 Å². The molecule has 7 rings (SSSR count). The Morgan fingerprint density at radius 2 is 1.43 bits per heavy atom. The van der Waals surface area contributed by atoms with Crippen LogP contribution in [0.3, 0.4) is 0 Å². The maximum absolute atomic E-state index is 9.16. The number of pyridine rings is 1. The van der Waals surface area contributed by atoms with Crippen molar-refractivity contribution in [2.24, 2.45) is 5.41 Å². The molecule has 2 aromatic heterocycles. The summed E-state index contributed by atoms with van der Waals surface area (Å²) in [6.07, 6.45) is -0.105. The number of aryl methyl sites for hydroxylation is 1. The van der Waals surface area contributed by atoms with Crippen molar-refractivity contribution >= 4 is 56.7 Å². The van der Waals surface area contributed by atoms with Crippen LogP contribution in [-0.4, -0.2) is 13.1 Å². The number of hydrogen-bond acceptors (Lipinski definition) is 2. The molecule has 250 valence electrons. The van der Waals surface area contributed by atoms with Gasteiger partial charge in [-0.05, 0) is 110 Å². The first kappa shape index (κ1) is 27.6. The number of nitrogens with zero attached hydrogens (tertiary/aromatic N) is 1. The van der Waals surface area contributed by atoms with Gasteiger partial charge in [0.15, 0.2) is 0 Å². The van der Waals surface area contributed by atoms with Crippen molar-refractivity contribution in [3.63, 3.8) is 0 Å². The molecule has 0 radical (unpaired) electrons. The number of rotatable bonds is 6. The van der Waals surface area contributed by atoms with Crippen molar-refractivity contribution < 1.29 is 11.3 Å². The lowest BCUT2D eigenvalue weighted by atomic mass is 9.79. The average Bonchev–Trinajstić information content (AvgIpc) is 3.45. The zero-order valence-corrected chi connectivity index (χ0v) is 31.6. The standard InChI is InChI=1S/C46H51NOSi/c1-27(2)36-19-30(25-46(6,7)8)20-37(28(3)4)44(36)38-23-42(47-26-29(38)5)35-14-12-13-34-41-21-32-16-15-31-17-18-33(49(9,10)11)22-39(31)40(32)24-43(41)48-45(34)35/h12-24,26-28H,25H2,1-11H3/i5D3,25D2. The number of benzene rings is 5. The summed E-state index contributed by atoms with van der Waals surface area (Å²) < 4.78 is 50.9. The Hall–Kier alpha value is -4.21. The molecule has 49 heavy (non-hydrogen) atoms. The molecule has 5 aromatic carbocycles. The third kappa shape index (κ3) is 6.12. The molecule has 0 aliphatic rings. The summed E-state index contributed by atoms with van der Waals surface area (Å²) in [5, 5.41) is 8.15. The fourth-order valence-corrected chi connectivity index (χ4v) is 8.40. The molecule has 0 N–H and O–H groups in total. The first-order valence-electron chi connectivity index (χ1n) is 20.1. The van der Waals surface area contributed by atoms with E-state index in [1.54, 1.807) is 0 Å². The maximum atomic E-state index is 9.16. The molecular formula is C46H51NOSi. The molecule has 7 aromatic rings. The van der Waals surface area contributed by atoms with Gasteiger partial charge in [-0.2, -0.15) is 0 Å². The van der Waals surface area contributed by atoms with Gasteiger partial charge in [-0.1, -0.05) is 128 Å². The number of aromatic nitrogens is 1. The van der Waals surface area contributed by atoms with Crippen LogP contribution in [0.4, 0.5) is 0 Å². The lowest BCUT2D eigenvalue weighted by Gasteiger charge is -2.26.